The second-order valence-corrected chi connectivity index (χ2v) is 8.61. The summed E-state index contributed by atoms with van der Waals surface area (Å²) in [5.41, 5.74) is -5.31. The van der Waals surface area contributed by atoms with Crippen LogP contribution in [0.5, 0.6) is 23.0 Å². The summed E-state index contributed by atoms with van der Waals surface area (Å²) >= 11 is 0. The van der Waals surface area contributed by atoms with Crippen molar-refractivity contribution < 1.29 is 80.7 Å². The molecule has 36 heavy (non-hydrogen) atoms. The first-order chi connectivity index (χ1) is 16.2. The number of Topliss-reactive ketones (excluding diaryl/α,β-unsaturated/α-hetero) is 1. The van der Waals surface area contributed by atoms with Gasteiger partial charge in [-0.3, -0.25) is 4.79 Å². The molecule has 17 heteroatoms. The first-order valence-electron chi connectivity index (χ1n) is 10.2. The number of methoxy groups -OCH3 is 2. The van der Waals surface area contributed by atoms with Crippen molar-refractivity contribution in [2.24, 2.45) is 5.92 Å². The maximum Gasteiger partial charge on any atom is 0.320 e. The lowest BCUT2D eigenvalue weighted by molar-refractivity contribution is -0.552. The largest absolute Gasteiger partial charge is 0.504 e. The lowest BCUT2D eigenvalue weighted by atomic mass is 9.70. The number of phenols is 2. The number of benzene rings is 1. The highest BCUT2D eigenvalue weighted by atomic mass is 16.8. The highest BCUT2D eigenvalue weighted by Crippen LogP contribution is 2.57. The van der Waals surface area contributed by atoms with Crippen molar-refractivity contribution in [2.75, 3.05) is 20.8 Å². The quantitative estimate of drug-likeness (QED) is 0.121. The number of aliphatic hydroxyl groups is 11. The Morgan fingerprint density at radius 1 is 0.861 bits per heavy atom. The predicted molar refractivity (Wildman–Crippen MR) is 107 cm³/mol. The van der Waals surface area contributed by atoms with Crippen LogP contribution < -0.4 is 9.47 Å². The molecule has 0 aromatic heterocycles. The molecule has 2 aliphatic rings. The fraction of sp³-hybridized carbons (Fsp3) is 0.632. The number of aromatic hydroxyl groups is 2. The van der Waals surface area contributed by atoms with Gasteiger partial charge in [0.2, 0.25) is 23.2 Å². The monoisotopic (exact) mass is 525 g/mol. The summed E-state index contributed by atoms with van der Waals surface area (Å²) in [4.78, 5) is 13.6. The van der Waals surface area contributed by atoms with Gasteiger partial charge in [-0.25, -0.2) is 4.90 Å². The average molecular weight is 525 g/mol. The van der Waals surface area contributed by atoms with E-state index >= 15 is 0 Å². The van der Waals surface area contributed by atoms with Gasteiger partial charge in [0.05, 0.1) is 20.3 Å². The van der Waals surface area contributed by atoms with Crippen molar-refractivity contribution in [3.05, 3.63) is 11.1 Å². The maximum absolute atomic E-state index is 13.0. The van der Waals surface area contributed by atoms with Crippen LogP contribution in [-0.4, -0.2) is 127 Å². The van der Waals surface area contributed by atoms with E-state index in [1.54, 1.807) is 0 Å². The number of ether oxygens (including phenoxy) is 2. The fourth-order valence-electron chi connectivity index (χ4n) is 5.00. The molecule has 3 rings (SSSR count). The van der Waals surface area contributed by atoms with Crippen LogP contribution in [-0.2, 0) is 11.2 Å². The van der Waals surface area contributed by atoms with Gasteiger partial charge >= 0.3 is 11.9 Å². The Kier molecular flexibility index (Phi) is 6.51. The number of ketones is 1. The topological polar surface area (TPSA) is 302 Å². The third-order valence-electron chi connectivity index (χ3n) is 6.66. The molecule has 0 spiro atoms. The van der Waals surface area contributed by atoms with Crippen molar-refractivity contribution in [2.45, 2.75) is 48.1 Å². The Bertz CT molecular complexity index is 1040. The molecule has 0 bridgehead atoms. The van der Waals surface area contributed by atoms with Gasteiger partial charge < -0.3 is 75.9 Å². The molecule has 2 unspecified atom stereocenters. The van der Waals surface area contributed by atoms with Crippen LogP contribution in [0.4, 0.5) is 0 Å². The molecule has 2 aliphatic heterocycles. The van der Waals surface area contributed by atoms with Gasteiger partial charge in [-0.15, -0.1) is 0 Å². The zero-order valence-electron chi connectivity index (χ0n) is 18.8. The van der Waals surface area contributed by atoms with E-state index in [0.717, 1.165) is 14.2 Å². The lowest BCUT2D eigenvalue weighted by Crippen LogP contribution is -2.84. The number of phenolic OH excluding ortho intramolecular Hbond substituents is 2. The summed E-state index contributed by atoms with van der Waals surface area (Å²) in [7, 11) is 2.27. The van der Waals surface area contributed by atoms with E-state index in [2.05, 4.69) is 0 Å². The molecule has 1 fully saturated rings. The molecule has 1 aromatic rings. The third kappa shape index (κ3) is 3.53. The minimum absolute atomic E-state index is 0.00407. The molecule has 1 saturated heterocycles. The number of carbonyl (C=O) groups excluding carboxylic acids is 1. The number of rotatable bonds is 6. The van der Waals surface area contributed by atoms with Gasteiger partial charge in [-0.05, 0) is 6.42 Å². The Morgan fingerprint density at radius 3 is 1.78 bits per heavy atom. The summed E-state index contributed by atoms with van der Waals surface area (Å²) in [6.45, 7) is -0.503. The molecule has 17 nitrogen and oxygen atoms in total. The maximum atomic E-state index is 13.0. The van der Waals surface area contributed by atoms with Crippen molar-refractivity contribution in [1.82, 2.24) is 4.90 Å². The Balaban J connectivity index is 2.21. The van der Waals surface area contributed by atoms with Crippen molar-refractivity contribution in [1.29, 1.82) is 0 Å². The van der Waals surface area contributed by atoms with Gasteiger partial charge in [0, 0.05) is 24.1 Å². The molecule has 0 aliphatic carbocycles. The molecular weight excluding hydrogens is 498 g/mol. The number of hydrogen-bond acceptors (Lipinski definition) is 17. The molecule has 2 heterocycles. The van der Waals surface area contributed by atoms with Gasteiger partial charge in [0.25, 0.3) is 5.60 Å². The van der Waals surface area contributed by atoms with Crippen LogP contribution in [0.3, 0.4) is 0 Å². The minimum Gasteiger partial charge on any atom is -0.504 e. The molecule has 204 valence electrons. The molecular formula is C19H27NO16. The Labute approximate surface area is 201 Å². The van der Waals surface area contributed by atoms with E-state index < -0.39 is 77.2 Å². The SMILES string of the molecule is COc1c(O)c2c(c(O)c1OC)C1CC(=O)C(C(O)(O)C(O)(C(O)(O)O)C(O)(O)O)C(O)(O)N1CC2. The van der Waals surface area contributed by atoms with E-state index in [1.165, 1.54) is 0 Å². The summed E-state index contributed by atoms with van der Waals surface area (Å²) in [5, 5.41) is 131. The van der Waals surface area contributed by atoms with Crippen LogP contribution >= 0.6 is 0 Å². The van der Waals surface area contributed by atoms with Crippen LogP contribution in [0.15, 0.2) is 0 Å². The molecule has 2 atom stereocenters. The first-order valence-corrected chi connectivity index (χ1v) is 10.2. The smallest absolute Gasteiger partial charge is 0.320 e. The number of hydrogen-bond donors (Lipinski definition) is 13. The molecule has 13 N–H and O–H groups in total. The summed E-state index contributed by atoms with van der Waals surface area (Å²) < 4.78 is 10.0. The fourth-order valence-corrected chi connectivity index (χ4v) is 5.00. The van der Waals surface area contributed by atoms with Crippen molar-refractivity contribution >= 4 is 5.78 Å². The number of carbonyl (C=O) groups is 1. The van der Waals surface area contributed by atoms with E-state index in [0.29, 0.717) is 4.90 Å². The molecule has 0 amide bonds. The minimum atomic E-state index is -5.05. The predicted octanol–water partition coefficient (Wildman–Crippen LogP) is -6.08. The average Bonchev–Trinajstić information content (AvgIpc) is 2.72. The van der Waals surface area contributed by atoms with Gasteiger partial charge in [-0.2, -0.15) is 0 Å². The van der Waals surface area contributed by atoms with E-state index in [-0.39, 0.29) is 23.3 Å². The highest BCUT2D eigenvalue weighted by molar-refractivity contribution is 5.85. The standard InChI is InChI=1S/C19H27NO16/c1-35-12-10(22)6-3-4-20-7(9(6)11(23)13(12)36-2)5-8(21)14(16(20,26)27)15(24,25)17(28,18(29,30)31)19(32,33)34/h7,14,22-34H,3-5H2,1-2H3. The Morgan fingerprint density at radius 2 is 1.33 bits per heavy atom. The summed E-state index contributed by atoms with van der Waals surface area (Å²) in [6, 6.07) is -1.52. The van der Waals surface area contributed by atoms with Gasteiger partial charge in [0.15, 0.2) is 11.5 Å². The second-order valence-electron chi connectivity index (χ2n) is 8.61. The van der Waals surface area contributed by atoms with Crippen LogP contribution in [0.1, 0.15) is 23.6 Å². The number of nitrogens with zero attached hydrogens (tertiary/aromatic N) is 1. The zero-order chi connectivity index (χ0) is 27.8. The second kappa shape index (κ2) is 8.31. The van der Waals surface area contributed by atoms with Crippen LogP contribution in [0.2, 0.25) is 0 Å². The summed E-state index contributed by atoms with van der Waals surface area (Å²) in [6.07, 6.45) is -1.26. The van der Waals surface area contributed by atoms with E-state index in [4.69, 9.17) is 9.47 Å². The normalized spacial score (nSPS) is 23.2. The van der Waals surface area contributed by atoms with E-state index in [9.17, 15) is 71.2 Å². The molecule has 1 aromatic carbocycles. The van der Waals surface area contributed by atoms with Gasteiger partial charge in [0.1, 0.15) is 11.7 Å². The summed E-state index contributed by atoms with van der Waals surface area (Å²) in [5.74, 6) is -25.2. The lowest BCUT2D eigenvalue weighted by Gasteiger charge is -2.56. The highest BCUT2D eigenvalue weighted by Gasteiger charge is 2.79. The van der Waals surface area contributed by atoms with Crippen molar-refractivity contribution in [3.63, 3.8) is 0 Å². The van der Waals surface area contributed by atoms with Crippen LogP contribution in [0.25, 0.3) is 0 Å². The number of piperidine rings is 1. The number of fused-ring (bicyclic) bond motifs is 3. The van der Waals surface area contributed by atoms with Crippen molar-refractivity contribution in [3.8, 4) is 23.0 Å². The first kappa shape index (κ1) is 28.2. The third-order valence-corrected chi connectivity index (χ3v) is 6.66. The van der Waals surface area contributed by atoms with Gasteiger partial charge in [-0.1, -0.05) is 0 Å². The molecule has 0 radical (unpaired) electrons. The molecule has 0 saturated carbocycles. The van der Waals surface area contributed by atoms with E-state index in [1.807, 2.05) is 0 Å². The zero-order valence-corrected chi connectivity index (χ0v) is 18.8. The van der Waals surface area contributed by atoms with Crippen LogP contribution in [0, 0.1) is 5.92 Å². The Hall–Kier alpha value is -2.39.